The minimum Gasteiger partial charge on any atom is -0.494 e. The van der Waals surface area contributed by atoms with E-state index in [0.717, 1.165) is 62.3 Å². The molecular formula is C19H26N4O3. The van der Waals surface area contributed by atoms with Gasteiger partial charge >= 0.3 is 0 Å². The number of fused-ring (bicyclic) bond motifs is 1. The number of nitrogens with one attached hydrogen (secondary N) is 1. The van der Waals surface area contributed by atoms with Gasteiger partial charge in [0.15, 0.2) is 5.69 Å². The van der Waals surface area contributed by atoms with Crippen LogP contribution in [0.15, 0.2) is 18.2 Å². The summed E-state index contributed by atoms with van der Waals surface area (Å²) in [5.74, 6) is 0.665. The highest BCUT2D eigenvalue weighted by molar-refractivity contribution is 6.06. The fourth-order valence-corrected chi connectivity index (χ4v) is 3.57. The largest absolute Gasteiger partial charge is 0.494 e. The van der Waals surface area contributed by atoms with E-state index in [2.05, 4.69) is 15.3 Å². The van der Waals surface area contributed by atoms with Crippen LogP contribution in [0.1, 0.15) is 29.8 Å². The fraction of sp³-hybridized carbons (Fsp3) is 0.579. The summed E-state index contributed by atoms with van der Waals surface area (Å²) in [5, 5.41) is 8.61. The molecule has 1 N–H and O–H groups in total. The third kappa shape index (κ3) is 3.41. The average molecular weight is 358 g/mol. The first-order valence-electron chi connectivity index (χ1n) is 9.41. The van der Waals surface area contributed by atoms with Crippen LogP contribution in [0.4, 0.5) is 0 Å². The van der Waals surface area contributed by atoms with E-state index in [1.54, 1.807) is 7.11 Å². The predicted molar refractivity (Wildman–Crippen MR) is 98.6 cm³/mol. The number of amides is 1. The Hall–Kier alpha value is -2.12. The molecule has 2 aromatic rings. The maximum atomic E-state index is 12.7. The van der Waals surface area contributed by atoms with E-state index in [0.29, 0.717) is 18.3 Å². The molecule has 2 heterocycles. The number of para-hydroxylation sites is 1. The van der Waals surface area contributed by atoms with Crippen molar-refractivity contribution in [1.82, 2.24) is 20.0 Å². The number of carbonyl (C=O) groups excluding carboxylic acids is 1. The van der Waals surface area contributed by atoms with Crippen molar-refractivity contribution >= 4 is 16.8 Å². The van der Waals surface area contributed by atoms with Crippen molar-refractivity contribution in [2.75, 3.05) is 40.0 Å². The standard InChI is InChI=1S/C19H26N4O3/c1-25-16-7-3-6-15-17(19(24)20-14-4-2-5-14)21-23(18(15)16)9-8-22-10-12-26-13-11-22/h3,6-7,14H,2,4-5,8-13H2,1H3,(H,20,24). The van der Waals surface area contributed by atoms with E-state index in [-0.39, 0.29) is 5.91 Å². The van der Waals surface area contributed by atoms with Crippen LogP contribution >= 0.6 is 0 Å². The molecule has 140 valence electrons. The van der Waals surface area contributed by atoms with Gasteiger partial charge in [-0.05, 0) is 25.3 Å². The minimum absolute atomic E-state index is 0.0851. The molecular weight excluding hydrogens is 332 g/mol. The highest BCUT2D eigenvalue weighted by atomic mass is 16.5. The Morgan fingerprint density at radius 1 is 1.31 bits per heavy atom. The molecule has 1 aliphatic heterocycles. The van der Waals surface area contributed by atoms with E-state index in [4.69, 9.17) is 9.47 Å². The summed E-state index contributed by atoms with van der Waals surface area (Å²) in [6, 6.07) is 6.07. The van der Waals surface area contributed by atoms with Crippen LogP contribution in [-0.2, 0) is 11.3 Å². The average Bonchev–Trinajstić information content (AvgIpc) is 3.03. The lowest BCUT2D eigenvalue weighted by atomic mass is 9.93. The van der Waals surface area contributed by atoms with Crippen LogP contribution in [0.25, 0.3) is 10.9 Å². The molecule has 7 heteroatoms. The Morgan fingerprint density at radius 3 is 2.81 bits per heavy atom. The molecule has 2 aliphatic rings. The summed E-state index contributed by atoms with van der Waals surface area (Å²) < 4.78 is 12.9. The number of hydrogen-bond donors (Lipinski definition) is 1. The van der Waals surface area contributed by atoms with Crippen LogP contribution in [0, 0.1) is 0 Å². The van der Waals surface area contributed by atoms with Crippen molar-refractivity contribution in [2.45, 2.75) is 31.8 Å². The maximum Gasteiger partial charge on any atom is 0.272 e. The second-order valence-electron chi connectivity index (χ2n) is 6.98. The normalized spacial score (nSPS) is 18.7. The van der Waals surface area contributed by atoms with Crippen LogP contribution in [0.5, 0.6) is 5.75 Å². The van der Waals surface area contributed by atoms with Crippen molar-refractivity contribution in [3.8, 4) is 5.75 Å². The van der Waals surface area contributed by atoms with Gasteiger partial charge in [-0.25, -0.2) is 0 Å². The molecule has 1 aromatic heterocycles. The summed E-state index contributed by atoms with van der Waals surface area (Å²) in [6.07, 6.45) is 3.31. The Morgan fingerprint density at radius 2 is 2.12 bits per heavy atom. The van der Waals surface area contributed by atoms with Gasteiger partial charge in [-0.2, -0.15) is 5.10 Å². The van der Waals surface area contributed by atoms with E-state index in [1.807, 2.05) is 22.9 Å². The number of ether oxygens (including phenoxy) is 2. The lowest BCUT2D eigenvalue weighted by Gasteiger charge is -2.26. The number of methoxy groups -OCH3 is 1. The smallest absolute Gasteiger partial charge is 0.272 e. The number of aromatic nitrogens is 2. The molecule has 7 nitrogen and oxygen atoms in total. The van der Waals surface area contributed by atoms with Gasteiger partial charge < -0.3 is 14.8 Å². The monoisotopic (exact) mass is 358 g/mol. The number of morpholine rings is 1. The van der Waals surface area contributed by atoms with Gasteiger partial charge in [-0.1, -0.05) is 12.1 Å². The van der Waals surface area contributed by atoms with Gasteiger partial charge in [-0.15, -0.1) is 0 Å². The molecule has 0 bridgehead atoms. The van der Waals surface area contributed by atoms with Gasteiger partial charge in [0.25, 0.3) is 5.91 Å². The summed E-state index contributed by atoms with van der Waals surface area (Å²) in [7, 11) is 1.65. The Bertz CT molecular complexity index is 778. The zero-order valence-corrected chi connectivity index (χ0v) is 15.2. The highest BCUT2D eigenvalue weighted by Crippen LogP contribution is 2.28. The number of nitrogens with zero attached hydrogens (tertiary/aromatic N) is 3. The maximum absolute atomic E-state index is 12.7. The summed E-state index contributed by atoms with van der Waals surface area (Å²) in [4.78, 5) is 15.1. The number of rotatable bonds is 6. The number of hydrogen-bond acceptors (Lipinski definition) is 5. The first-order valence-corrected chi connectivity index (χ1v) is 9.41. The second kappa shape index (κ2) is 7.63. The van der Waals surface area contributed by atoms with Crippen LogP contribution in [0.3, 0.4) is 0 Å². The lowest BCUT2D eigenvalue weighted by Crippen LogP contribution is -2.40. The van der Waals surface area contributed by atoms with Gasteiger partial charge in [0, 0.05) is 31.1 Å². The summed E-state index contributed by atoms with van der Waals surface area (Å²) in [6.45, 7) is 5.02. The molecule has 0 unspecified atom stereocenters. The third-order valence-corrected chi connectivity index (χ3v) is 5.34. The van der Waals surface area contributed by atoms with Crippen LogP contribution < -0.4 is 10.1 Å². The molecule has 1 aliphatic carbocycles. The molecule has 4 rings (SSSR count). The zero-order chi connectivity index (χ0) is 17.9. The molecule has 0 spiro atoms. The summed E-state index contributed by atoms with van der Waals surface area (Å²) in [5.41, 5.74) is 1.38. The first kappa shape index (κ1) is 17.3. The first-order chi connectivity index (χ1) is 12.8. The summed E-state index contributed by atoms with van der Waals surface area (Å²) >= 11 is 0. The van der Waals surface area contributed by atoms with E-state index in [1.165, 1.54) is 6.42 Å². The van der Waals surface area contributed by atoms with E-state index >= 15 is 0 Å². The SMILES string of the molecule is COc1cccc2c(C(=O)NC3CCC3)nn(CCN3CCOCC3)c12. The number of benzene rings is 1. The molecule has 0 atom stereocenters. The third-order valence-electron chi connectivity index (χ3n) is 5.34. The molecule has 1 aromatic carbocycles. The van der Waals surface area contributed by atoms with Gasteiger partial charge in [0.1, 0.15) is 11.3 Å². The molecule has 1 saturated heterocycles. The van der Waals surface area contributed by atoms with Crippen molar-refractivity contribution in [2.24, 2.45) is 0 Å². The Labute approximate surface area is 153 Å². The van der Waals surface area contributed by atoms with E-state index < -0.39 is 0 Å². The van der Waals surface area contributed by atoms with Crippen molar-refractivity contribution < 1.29 is 14.3 Å². The Kier molecular flexibility index (Phi) is 5.08. The molecule has 1 amide bonds. The van der Waals surface area contributed by atoms with Gasteiger partial charge in [0.2, 0.25) is 0 Å². The molecule has 0 radical (unpaired) electrons. The fourth-order valence-electron chi connectivity index (χ4n) is 3.57. The molecule has 1 saturated carbocycles. The van der Waals surface area contributed by atoms with Crippen LogP contribution in [0.2, 0.25) is 0 Å². The quantitative estimate of drug-likeness (QED) is 0.851. The van der Waals surface area contributed by atoms with Gasteiger partial charge in [-0.3, -0.25) is 14.4 Å². The molecule has 26 heavy (non-hydrogen) atoms. The molecule has 2 fully saturated rings. The lowest BCUT2D eigenvalue weighted by molar-refractivity contribution is 0.0361. The predicted octanol–water partition coefficient (Wildman–Crippen LogP) is 1.66. The Balaban J connectivity index is 1.61. The zero-order valence-electron chi connectivity index (χ0n) is 15.2. The highest BCUT2D eigenvalue weighted by Gasteiger charge is 2.25. The van der Waals surface area contributed by atoms with Crippen LogP contribution in [-0.4, -0.2) is 66.6 Å². The minimum atomic E-state index is -0.0851. The van der Waals surface area contributed by atoms with Gasteiger partial charge in [0.05, 0.1) is 26.9 Å². The topological polar surface area (TPSA) is 68.6 Å². The van der Waals surface area contributed by atoms with Crippen molar-refractivity contribution in [1.29, 1.82) is 0 Å². The second-order valence-corrected chi connectivity index (χ2v) is 6.98. The number of carbonyl (C=O) groups is 1. The van der Waals surface area contributed by atoms with Crippen molar-refractivity contribution in [3.05, 3.63) is 23.9 Å². The van der Waals surface area contributed by atoms with Crippen molar-refractivity contribution in [3.63, 3.8) is 0 Å². The van der Waals surface area contributed by atoms with E-state index in [9.17, 15) is 4.79 Å².